The Morgan fingerprint density at radius 3 is 2.68 bits per heavy atom. The molecule has 3 heteroatoms. The zero-order valence-electron chi connectivity index (χ0n) is 12.7. The van der Waals surface area contributed by atoms with Crippen LogP contribution in [-0.2, 0) is 4.79 Å². The molecule has 0 amide bonds. The molecule has 1 N–H and O–H groups in total. The highest BCUT2D eigenvalue weighted by Crippen LogP contribution is 2.42. The van der Waals surface area contributed by atoms with Crippen LogP contribution in [0.1, 0.15) is 65.7 Å². The molecule has 2 fully saturated rings. The molecule has 2 rings (SSSR count). The highest BCUT2D eigenvalue weighted by atomic mass is 16.4. The second-order valence-corrected chi connectivity index (χ2v) is 7.55. The van der Waals surface area contributed by atoms with Gasteiger partial charge in [0.15, 0.2) is 0 Å². The van der Waals surface area contributed by atoms with Gasteiger partial charge in [0.05, 0.1) is 6.42 Å². The Labute approximate surface area is 117 Å². The first-order valence-corrected chi connectivity index (χ1v) is 7.85. The minimum Gasteiger partial charge on any atom is -0.481 e. The Balaban J connectivity index is 2.06. The number of likely N-dealkylation sites (tertiary alicyclic amines) is 1. The summed E-state index contributed by atoms with van der Waals surface area (Å²) in [5, 5.41) is 9.11. The molecular weight excluding hydrogens is 238 g/mol. The molecule has 110 valence electrons. The molecule has 3 nitrogen and oxygen atoms in total. The summed E-state index contributed by atoms with van der Waals surface area (Å²) in [6.45, 7) is 8.19. The highest BCUT2D eigenvalue weighted by Gasteiger charge is 2.38. The molecule has 1 saturated heterocycles. The molecule has 3 unspecified atom stereocenters. The van der Waals surface area contributed by atoms with Gasteiger partial charge in [0.1, 0.15) is 0 Å². The summed E-state index contributed by atoms with van der Waals surface area (Å²) in [6, 6.07) is 0.876. The van der Waals surface area contributed by atoms with Crippen LogP contribution < -0.4 is 0 Å². The van der Waals surface area contributed by atoms with E-state index >= 15 is 0 Å². The number of piperidine rings is 1. The van der Waals surface area contributed by atoms with E-state index < -0.39 is 5.97 Å². The standard InChI is InChI=1S/C16H29NO2/c1-12-8-14(11-16(2,3)10-12)17-7-5-4-6-13(17)9-15(18)19/h12-14H,4-11H2,1-3H3,(H,18,19). The molecule has 0 radical (unpaired) electrons. The van der Waals surface area contributed by atoms with Crippen molar-refractivity contribution in [3.05, 3.63) is 0 Å². The van der Waals surface area contributed by atoms with E-state index in [2.05, 4.69) is 25.7 Å². The van der Waals surface area contributed by atoms with E-state index in [-0.39, 0.29) is 6.04 Å². The van der Waals surface area contributed by atoms with Crippen molar-refractivity contribution >= 4 is 5.97 Å². The number of carboxylic acids is 1. The lowest BCUT2D eigenvalue weighted by Gasteiger charge is -2.48. The van der Waals surface area contributed by atoms with Crippen LogP contribution in [-0.4, -0.2) is 34.6 Å². The van der Waals surface area contributed by atoms with E-state index in [4.69, 9.17) is 5.11 Å². The van der Waals surface area contributed by atoms with Gasteiger partial charge in [-0.15, -0.1) is 0 Å². The van der Waals surface area contributed by atoms with Gasteiger partial charge in [-0.3, -0.25) is 9.69 Å². The summed E-state index contributed by atoms with van der Waals surface area (Å²) in [7, 11) is 0. The molecule has 1 heterocycles. The molecule has 0 aromatic rings. The van der Waals surface area contributed by atoms with Crippen molar-refractivity contribution in [2.45, 2.75) is 77.8 Å². The van der Waals surface area contributed by atoms with Crippen LogP contribution in [0.3, 0.4) is 0 Å². The molecule has 0 aromatic carbocycles. The number of hydrogen-bond donors (Lipinski definition) is 1. The molecule has 3 atom stereocenters. The first kappa shape index (κ1) is 14.8. The molecule has 1 saturated carbocycles. The fraction of sp³-hybridized carbons (Fsp3) is 0.938. The van der Waals surface area contributed by atoms with Gasteiger partial charge in [-0.25, -0.2) is 0 Å². The first-order valence-electron chi connectivity index (χ1n) is 7.85. The Kier molecular flexibility index (Phi) is 4.54. The number of hydrogen-bond acceptors (Lipinski definition) is 2. The van der Waals surface area contributed by atoms with Gasteiger partial charge in [0.25, 0.3) is 0 Å². The molecule has 0 spiro atoms. The van der Waals surface area contributed by atoms with Crippen LogP contribution in [0.5, 0.6) is 0 Å². The third-order valence-corrected chi connectivity index (χ3v) is 4.92. The quantitative estimate of drug-likeness (QED) is 0.850. The van der Waals surface area contributed by atoms with Gasteiger partial charge in [0, 0.05) is 12.1 Å². The summed E-state index contributed by atoms with van der Waals surface area (Å²) in [4.78, 5) is 13.6. The number of carboxylic acid groups (broad SMARTS) is 1. The zero-order chi connectivity index (χ0) is 14.0. The minimum atomic E-state index is -0.639. The smallest absolute Gasteiger partial charge is 0.304 e. The van der Waals surface area contributed by atoms with Gasteiger partial charge in [-0.1, -0.05) is 27.2 Å². The lowest BCUT2D eigenvalue weighted by Crippen LogP contribution is -2.50. The van der Waals surface area contributed by atoms with E-state index in [1.165, 1.54) is 32.1 Å². The van der Waals surface area contributed by atoms with Crippen molar-refractivity contribution in [3.63, 3.8) is 0 Å². The monoisotopic (exact) mass is 267 g/mol. The maximum Gasteiger partial charge on any atom is 0.304 e. The topological polar surface area (TPSA) is 40.5 Å². The lowest BCUT2D eigenvalue weighted by molar-refractivity contribution is -0.139. The predicted molar refractivity (Wildman–Crippen MR) is 77.2 cm³/mol. The molecule has 1 aliphatic heterocycles. The Morgan fingerprint density at radius 1 is 1.32 bits per heavy atom. The molecular formula is C16H29NO2. The summed E-state index contributed by atoms with van der Waals surface area (Å²) in [5.41, 5.74) is 0.410. The first-order chi connectivity index (χ1) is 8.87. The number of aliphatic carboxylic acids is 1. The Morgan fingerprint density at radius 2 is 2.05 bits per heavy atom. The van der Waals surface area contributed by atoms with Crippen LogP contribution in [0, 0.1) is 11.3 Å². The summed E-state index contributed by atoms with van der Waals surface area (Å²) < 4.78 is 0. The van der Waals surface area contributed by atoms with E-state index in [1.807, 2.05) is 0 Å². The Bertz CT molecular complexity index is 327. The molecule has 0 aromatic heterocycles. The SMILES string of the molecule is CC1CC(N2CCCCC2CC(=O)O)CC(C)(C)C1. The third-order valence-electron chi connectivity index (χ3n) is 4.92. The number of carbonyl (C=O) groups is 1. The predicted octanol–water partition coefficient (Wildman–Crippen LogP) is 3.53. The van der Waals surface area contributed by atoms with E-state index in [0.717, 1.165) is 18.9 Å². The van der Waals surface area contributed by atoms with Crippen LogP contribution in [0.15, 0.2) is 0 Å². The Hall–Kier alpha value is -0.570. The van der Waals surface area contributed by atoms with Crippen LogP contribution in [0.2, 0.25) is 0 Å². The average molecular weight is 267 g/mol. The second kappa shape index (κ2) is 5.82. The van der Waals surface area contributed by atoms with Gasteiger partial charge in [-0.05, 0) is 50.0 Å². The van der Waals surface area contributed by atoms with Crippen molar-refractivity contribution in [1.82, 2.24) is 4.90 Å². The normalized spacial score (nSPS) is 36.1. The van der Waals surface area contributed by atoms with E-state index in [1.54, 1.807) is 0 Å². The van der Waals surface area contributed by atoms with E-state index in [0.29, 0.717) is 17.9 Å². The molecule has 1 aliphatic carbocycles. The van der Waals surface area contributed by atoms with Crippen LogP contribution in [0.4, 0.5) is 0 Å². The maximum atomic E-state index is 11.1. The van der Waals surface area contributed by atoms with Gasteiger partial charge >= 0.3 is 5.97 Å². The maximum absolute atomic E-state index is 11.1. The lowest BCUT2D eigenvalue weighted by atomic mass is 9.69. The van der Waals surface area contributed by atoms with E-state index in [9.17, 15) is 4.79 Å². The summed E-state index contributed by atoms with van der Waals surface area (Å²) in [6.07, 6.45) is 7.61. The average Bonchev–Trinajstić information content (AvgIpc) is 2.26. The fourth-order valence-corrected chi connectivity index (χ4v) is 4.47. The number of nitrogens with zero attached hydrogens (tertiary/aromatic N) is 1. The number of rotatable bonds is 3. The van der Waals surface area contributed by atoms with Crippen molar-refractivity contribution < 1.29 is 9.90 Å². The van der Waals surface area contributed by atoms with Crippen molar-refractivity contribution in [3.8, 4) is 0 Å². The van der Waals surface area contributed by atoms with Gasteiger partial charge in [0.2, 0.25) is 0 Å². The highest BCUT2D eigenvalue weighted by molar-refractivity contribution is 5.67. The van der Waals surface area contributed by atoms with Crippen molar-refractivity contribution in [2.75, 3.05) is 6.54 Å². The molecule has 0 bridgehead atoms. The van der Waals surface area contributed by atoms with Crippen LogP contribution >= 0.6 is 0 Å². The zero-order valence-corrected chi connectivity index (χ0v) is 12.7. The van der Waals surface area contributed by atoms with Crippen molar-refractivity contribution in [2.24, 2.45) is 11.3 Å². The van der Waals surface area contributed by atoms with Crippen LogP contribution in [0.25, 0.3) is 0 Å². The van der Waals surface area contributed by atoms with Crippen molar-refractivity contribution in [1.29, 1.82) is 0 Å². The van der Waals surface area contributed by atoms with Gasteiger partial charge in [-0.2, -0.15) is 0 Å². The fourth-order valence-electron chi connectivity index (χ4n) is 4.47. The molecule has 19 heavy (non-hydrogen) atoms. The third kappa shape index (κ3) is 3.95. The molecule has 2 aliphatic rings. The summed E-state index contributed by atoms with van der Waals surface area (Å²) >= 11 is 0. The largest absolute Gasteiger partial charge is 0.481 e. The van der Waals surface area contributed by atoms with Gasteiger partial charge < -0.3 is 5.11 Å². The second-order valence-electron chi connectivity index (χ2n) is 7.55. The minimum absolute atomic E-state index is 0.275. The summed E-state index contributed by atoms with van der Waals surface area (Å²) in [5.74, 6) is 0.126.